The van der Waals surface area contributed by atoms with E-state index in [4.69, 9.17) is 4.98 Å². The summed E-state index contributed by atoms with van der Waals surface area (Å²) in [6.07, 6.45) is 2.41. The van der Waals surface area contributed by atoms with E-state index in [0.717, 1.165) is 41.2 Å². The molecule has 0 saturated carbocycles. The van der Waals surface area contributed by atoms with Gasteiger partial charge in [-0.05, 0) is 61.6 Å². The van der Waals surface area contributed by atoms with Gasteiger partial charge in [0.2, 0.25) is 5.43 Å². The van der Waals surface area contributed by atoms with Crippen molar-refractivity contribution < 1.29 is 4.79 Å². The number of carbonyl (C=O) groups excluding carboxylic acids is 1. The van der Waals surface area contributed by atoms with Crippen molar-refractivity contribution in [2.75, 3.05) is 26.2 Å². The SMILES string of the molecule is Cn1c2ccccc2n2c3nc(-c4cccs4)ccc3c(=O)c(C(=O)NCCN3CCCC3)c12. The van der Waals surface area contributed by atoms with Gasteiger partial charge in [-0.15, -0.1) is 11.3 Å². The summed E-state index contributed by atoms with van der Waals surface area (Å²) in [6, 6.07) is 15.6. The molecule has 0 radical (unpaired) electrons. The smallest absolute Gasteiger partial charge is 0.259 e. The molecule has 1 fully saturated rings. The minimum atomic E-state index is -0.336. The van der Waals surface area contributed by atoms with E-state index >= 15 is 0 Å². The number of nitrogens with one attached hydrogen (secondary N) is 1. The molecule has 0 bridgehead atoms. The number of imidazole rings is 1. The number of nitrogens with zero attached hydrogens (tertiary/aromatic N) is 4. The average Bonchev–Trinajstić information content (AvgIpc) is 3.62. The second-order valence-corrected chi connectivity index (χ2v) is 9.71. The van der Waals surface area contributed by atoms with Gasteiger partial charge in [-0.3, -0.25) is 14.0 Å². The maximum absolute atomic E-state index is 13.7. The predicted molar refractivity (Wildman–Crippen MR) is 137 cm³/mol. The van der Waals surface area contributed by atoms with Crippen LogP contribution in [-0.4, -0.2) is 50.9 Å². The highest BCUT2D eigenvalue weighted by molar-refractivity contribution is 7.13. The molecule has 7 nitrogen and oxygen atoms in total. The second-order valence-electron chi connectivity index (χ2n) is 8.76. The Morgan fingerprint density at radius 3 is 2.62 bits per heavy atom. The zero-order valence-corrected chi connectivity index (χ0v) is 19.8. The summed E-state index contributed by atoms with van der Waals surface area (Å²) in [5, 5.41) is 5.46. The molecule has 8 heteroatoms. The van der Waals surface area contributed by atoms with Gasteiger partial charge in [0.1, 0.15) is 11.2 Å². The Hall–Kier alpha value is -3.49. The quantitative estimate of drug-likeness (QED) is 0.422. The number of aryl methyl sites for hydroxylation is 1. The maximum atomic E-state index is 13.7. The van der Waals surface area contributed by atoms with Gasteiger partial charge in [0.25, 0.3) is 5.91 Å². The summed E-state index contributed by atoms with van der Waals surface area (Å²) in [5.74, 6) is -0.336. The third kappa shape index (κ3) is 3.33. The average molecular weight is 472 g/mol. The van der Waals surface area contributed by atoms with Crippen molar-refractivity contribution in [3.63, 3.8) is 0 Å². The molecule has 1 aromatic carbocycles. The number of hydrogen-bond acceptors (Lipinski definition) is 5. The molecule has 34 heavy (non-hydrogen) atoms. The van der Waals surface area contributed by atoms with Gasteiger partial charge in [-0.1, -0.05) is 18.2 Å². The standard InChI is InChI=1S/C26H25N5O2S/c1-29-19-7-2-3-8-20(19)31-24-17(10-11-18(28-24)21-9-6-16-34-21)23(32)22(26(29)31)25(33)27-12-15-30-13-4-5-14-30/h2-3,6-11,16H,4-5,12-15H2,1H3,(H,27,33). The molecule has 0 unspecified atom stereocenters. The van der Waals surface area contributed by atoms with Crippen LogP contribution in [0.5, 0.6) is 0 Å². The third-order valence-corrected chi connectivity index (χ3v) is 7.60. The van der Waals surface area contributed by atoms with Gasteiger partial charge in [0.05, 0.1) is 27.0 Å². The molecule has 5 aromatic rings. The molecule has 1 aliphatic rings. The Kier molecular flexibility index (Phi) is 5.19. The molecule has 1 saturated heterocycles. The zero-order chi connectivity index (χ0) is 23.2. The molecule has 0 aliphatic carbocycles. The summed E-state index contributed by atoms with van der Waals surface area (Å²) < 4.78 is 3.88. The van der Waals surface area contributed by atoms with Gasteiger partial charge in [0, 0.05) is 20.1 Å². The molecule has 6 rings (SSSR count). The highest BCUT2D eigenvalue weighted by atomic mass is 32.1. The van der Waals surface area contributed by atoms with Crippen LogP contribution in [0.25, 0.3) is 38.3 Å². The first-order chi connectivity index (χ1) is 16.6. The number of benzene rings is 1. The normalized spacial score (nSPS) is 14.5. The lowest BCUT2D eigenvalue weighted by molar-refractivity contribution is 0.0950. The van der Waals surface area contributed by atoms with E-state index in [9.17, 15) is 9.59 Å². The number of rotatable bonds is 5. The van der Waals surface area contributed by atoms with Crippen LogP contribution >= 0.6 is 11.3 Å². The van der Waals surface area contributed by atoms with Crippen LogP contribution in [0.3, 0.4) is 0 Å². The Labute approximate surface area is 200 Å². The third-order valence-electron chi connectivity index (χ3n) is 6.71. The molecule has 5 heterocycles. The fourth-order valence-corrected chi connectivity index (χ4v) is 5.72. The highest BCUT2D eigenvalue weighted by Gasteiger charge is 2.24. The summed E-state index contributed by atoms with van der Waals surface area (Å²) in [7, 11) is 1.90. The van der Waals surface area contributed by atoms with Crippen molar-refractivity contribution in [2.24, 2.45) is 7.05 Å². The predicted octanol–water partition coefficient (Wildman–Crippen LogP) is 3.89. The molecule has 1 amide bonds. The Morgan fingerprint density at radius 1 is 1.06 bits per heavy atom. The minimum absolute atomic E-state index is 0.165. The van der Waals surface area contributed by atoms with Crippen LogP contribution in [0, 0.1) is 0 Å². The van der Waals surface area contributed by atoms with Crippen molar-refractivity contribution in [3.05, 3.63) is 69.7 Å². The summed E-state index contributed by atoms with van der Waals surface area (Å²) in [5.41, 5.74) is 3.66. The van der Waals surface area contributed by atoms with E-state index in [0.29, 0.717) is 23.2 Å². The van der Waals surface area contributed by atoms with Gasteiger partial charge >= 0.3 is 0 Å². The highest BCUT2D eigenvalue weighted by Crippen LogP contribution is 2.28. The van der Waals surface area contributed by atoms with Crippen LogP contribution in [0.2, 0.25) is 0 Å². The largest absolute Gasteiger partial charge is 0.351 e. The second kappa shape index (κ2) is 8.38. The van der Waals surface area contributed by atoms with Gasteiger partial charge in [0.15, 0.2) is 5.65 Å². The Balaban J connectivity index is 1.56. The Bertz CT molecular complexity index is 1590. The molecular formula is C26H25N5O2S. The van der Waals surface area contributed by atoms with Crippen molar-refractivity contribution in [3.8, 4) is 10.6 Å². The van der Waals surface area contributed by atoms with E-state index in [1.54, 1.807) is 17.4 Å². The number of thiophene rings is 1. The number of carbonyl (C=O) groups is 1. The summed E-state index contributed by atoms with van der Waals surface area (Å²) >= 11 is 1.61. The number of hydrogen-bond donors (Lipinski definition) is 1. The van der Waals surface area contributed by atoms with Crippen LogP contribution in [0.15, 0.2) is 58.7 Å². The molecule has 1 aliphatic heterocycles. The molecule has 172 valence electrons. The van der Waals surface area contributed by atoms with Crippen molar-refractivity contribution in [2.45, 2.75) is 12.8 Å². The van der Waals surface area contributed by atoms with E-state index in [2.05, 4.69) is 10.2 Å². The first-order valence-electron chi connectivity index (χ1n) is 11.6. The zero-order valence-electron chi connectivity index (χ0n) is 19.0. The van der Waals surface area contributed by atoms with Crippen molar-refractivity contribution in [1.29, 1.82) is 0 Å². The van der Waals surface area contributed by atoms with Crippen molar-refractivity contribution >= 4 is 45.0 Å². The lowest BCUT2D eigenvalue weighted by Gasteiger charge is -2.15. The van der Waals surface area contributed by atoms with Crippen molar-refractivity contribution in [1.82, 2.24) is 24.2 Å². The first kappa shape index (κ1) is 21.1. The van der Waals surface area contributed by atoms with E-state index in [-0.39, 0.29) is 16.9 Å². The first-order valence-corrected chi connectivity index (χ1v) is 12.5. The van der Waals surface area contributed by atoms with E-state index in [1.165, 1.54) is 12.8 Å². The van der Waals surface area contributed by atoms with Crippen LogP contribution < -0.4 is 10.7 Å². The molecule has 0 spiro atoms. The fraction of sp³-hybridized carbons (Fsp3) is 0.269. The van der Waals surface area contributed by atoms with Gasteiger partial charge < -0.3 is 14.8 Å². The number of para-hydroxylation sites is 2. The maximum Gasteiger partial charge on any atom is 0.259 e. The number of fused-ring (bicyclic) bond motifs is 5. The summed E-state index contributed by atoms with van der Waals surface area (Å²) in [6.45, 7) is 3.45. The van der Waals surface area contributed by atoms with Crippen LogP contribution in [-0.2, 0) is 7.05 Å². The molecule has 0 atom stereocenters. The number of likely N-dealkylation sites (tertiary alicyclic amines) is 1. The minimum Gasteiger partial charge on any atom is -0.351 e. The van der Waals surface area contributed by atoms with E-state index < -0.39 is 0 Å². The number of aromatic nitrogens is 3. The molecular weight excluding hydrogens is 446 g/mol. The van der Waals surface area contributed by atoms with Crippen LogP contribution in [0.1, 0.15) is 23.2 Å². The lowest BCUT2D eigenvalue weighted by atomic mass is 10.1. The Morgan fingerprint density at radius 2 is 1.85 bits per heavy atom. The van der Waals surface area contributed by atoms with Gasteiger partial charge in [-0.2, -0.15) is 0 Å². The van der Waals surface area contributed by atoms with Gasteiger partial charge in [-0.25, -0.2) is 4.98 Å². The monoisotopic (exact) mass is 471 g/mol. The van der Waals surface area contributed by atoms with Crippen LogP contribution in [0.4, 0.5) is 0 Å². The van der Waals surface area contributed by atoms with E-state index in [1.807, 2.05) is 63.9 Å². The lowest BCUT2D eigenvalue weighted by Crippen LogP contribution is -2.36. The topological polar surface area (TPSA) is 71.6 Å². The molecule has 4 aromatic heterocycles. The number of amides is 1. The molecule has 1 N–H and O–H groups in total. The number of pyridine rings is 2. The fourth-order valence-electron chi connectivity index (χ4n) is 5.03. The summed E-state index contributed by atoms with van der Waals surface area (Å²) in [4.78, 5) is 35.4.